The predicted octanol–water partition coefficient (Wildman–Crippen LogP) is 3.88. The first-order valence-electron chi connectivity index (χ1n) is 6.79. The second-order valence-corrected chi connectivity index (χ2v) is 4.72. The standard InChI is InChI=1S/C17H18FNO/c1-2-12-19(13-14-6-4-3-5-7-14)17(20)15-8-10-16(18)11-9-15/h3-11H,2,12-13H2,1H3. The van der Waals surface area contributed by atoms with Crippen LogP contribution in [0, 0.1) is 5.82 Å². The number of amides is 1. The molecule has 0 saturated heterocycles. The Kier molecular flexibility index (Phi) is 4.88. The van der Waals surface area contributed by atoms with Crippen molar-refractivity contribution < 1.29 is 9.18 Å². The van der Waals surface area contributed by atoms with Gasteiger partial charge in [0.1, 0.15) is 5.82 Å². The predicted molar refractivity (Wildman–Crippen MR) is 77.9 cm³/mol. The Hall–Kier alpha value is -2.16. The number of hydrogen-bond acceptors (Lipinski definition) is 1. The molecule has 1 amide bonds. The molecular formula is C17H18FNO. The van der Waals surface area contributed by atoms with Gasteiger partial charge in [0, 0.05) is 18.7 Å². The summed E-state index contributed by atoms with van der Waals surface area (Å²) in [6.45, 7) is 3.30. The highest BCUT2D eigenvalue weighted by Gasteiger charge is 2.15. The molecule has 0 spiro atoms. The number of carbonyl (C=O) groups excluding carboxylic acids is 1. The molecule has 0 aliphatic rings. The Labute approximate surface area is 118 Å². The monoisotopic (exact) mass is 271 g/mol. The number of halogens is 1. The molecule has 0 unspecified atom stereocenters. The van der Waals surface area contributed by atoms with E-state index >= 15 is 0 Å². The molecule has 0 radical (unpaired) electrons. The van der Waals surface area contributed by atoms with Gasteiger partial charge in [-0.1, -0.05) is 37.3 Å². The lowest BCUT2D eigenvalue weighted by atomic mass is 10.1. The summed E-state index contributed by atoms with van der Waals surface area (Å²) in [4.78, 5) is 14.2. The van der Waals surface area contributed by atoms with Gasteiger partial charge in [-0.3, -0.25) is 4.79 Å². The molecule has 2 aromatic rings. The van der Waals surface area contributed by atoms with Crippen LogP contribution in [0.4, 0.5) is 4.39 Å². The molecule has 0 fully saturated rings. The molecule has 104 valence electrons. The van der Waals surface area contributed by atoms with Crippen molar-refractivity contribution in [1.29, 1.82) is 0 Å². The van der Waals surface area contributed by atoms with E-state index in [9.17, 15) is 9.18 Å². The Balaban J connectivity index is 2.15. The van der Waals surface area contributed by atoms with E-state index in [4.69, 9.17) is 0 Å². The van der Waals surface area contributed by atoms with Gasteiger partial charge in [-0.2, -0.15) is 0 Å². The average Bonchev–Trinajstić information content (AvgIpc) is 2.48. The Morgan fingerprint density at radius 1 is 1.05 bits per heavy atom. The van der Waals surface area contributed by atoms with Crippen LogP contribution in [0.5, 0.6) is 0 Å². The van der Waals surface area contributed by atoms with E-state index in [0.29, 0.717) is 18.7 Å². The molecule has 0 aromatic heterocycles. The fourth-order valence-electron chi connectivity index (χ4n) is 2.10. The maximum atomic E-state index is 12.9. The molecule has 0 atom stereocenters. The van der Waals surface area contributed by atoms with E-state index in [0.717, 1.165) is 12.0 Å². The van der Waals surface area contributed by atoms with Crippen LogP contribution in [0.15, 0.2) is 54.6 Å². The Bertz CT molecular complexity index is 551. The Morgan fingerprint density at radius 2 is 1.70 bits per heavy atom. The summed E-state index contributed by atoms with van der Waals surface area (Å²) in [5, 5.41) is 0. The number of nitrogens with zero attached hydrogens (tertiary/aromatic N) is 1. The summed E-state index contributed by atoms with van der Waals surface area (Å²) < 4.78 is 12.9. The highest BCUT2D eigenvalue weighted by molar-refractivity contribution is 5.94. The lowest BCUT2D eigenvalue weighted by Gasteiger charge is -2.22. The van der Waals surface area contributed by atoms with Crippen molar-refractivity contribution in [3.05, 3.63) is 71.5 Å². The van der Waals surface area contributed by atoms with Gasteiger partial charge < -0.3 is 4.90 Å². The fraction of sp³-hybridized carbons (Fsp3) is 0.235. The summed E-state index contributed by atoms with van der Waals surface area (Å²) >= 11 is 0. The van der Waals surface area contributed by atoms with Gasteiger partial charge in [-0.15, -0.1) is 0 Å². The zero-order chi connectivity index (χ0) is 14.4. The molecule has 2 nitrogen and oxygen atoms in total. The van der Waals surface area contributed by atoms with Crippen LogP contribution in [-0.4, -0.2) is 17.4 Å². The van der Waals surface area contributed by atoms with Gasteiger partial charge in [0.05, 0.1) is 0 Å². The molecule has 20 heavy (non-hydrogen) atoms. The highest BCUT2D eigenvalue weighted by atomic mass is 19.1. The van der Waals surface area contributed by atoms with Gasteiger partial charge in [0.25, 0.3) is 5.91 Å². The van der Waals surface area contributed by atoms with Crippen LogP contribution in [-0.2, 0) is 6.54 Å². The zero-order valence-electron chi connectivity index (χ0n) is 11.6. The first kappa shape index (κ1) is 14.3. The molecule has 0 heterocycles. The number of hydrogen-bond donors (Lipinski definition) is 0. The Morgan fingerprint density at radius 3 is 2.30 bits per heavy atom. The number of rotatable bonds is 5. The van der Waals surface area contributed by atoms with Gasteiger partial charge in [-0.25, -0.2) is 4.39 Å². The van der Waals surface area contributed by atoms with Crippen molar-refractivity contribution >= 4 is 5.91 Å². The average molecular weight is 271 g/mol. The molecule has 0 saturated carbocycles. The van der Waals surface area contributed by atoms with Crippen LogP contribution >= 0.6 is 0 Å². The van der Waals surface area contributed by atoms with E-state index < -0.39 is 0 Å². The quantitative estimate of drug-likeness (QED) is 0.808. The maximum Gasteiger partial charge on any atom is 0.254 e. The minimum absolute atomic E-state index is 0.0595. The van der Waals surface area contributed by atoms with E-state index in [1.54, 1.807) is 4.90 Å². The summed E-state index contributed by atoms with van der Waals surface area (Å²) in [6, 6.07) is 15.6. The zero-order valence-corrected chi connectivity index (χ0v) is 11.6. The first-order chi connectivity index (χ1) is 9.70. The lowest BCUT2D eigenvalue weighted by molar-refractivity contribution is 0.0743. The second-order valence-electron chi connectivity index (χ2n) is 4.72. The van der Waals surface area contributed by atoms with Gasteiger partial charge >= 0.3 is 0 Å². The number of benzene rings is 2. The maximum absolute atomic E-state index is 12.9. The summed E-state index contributed by atoms with van der Waals surface area (Å²) in [7, 11) is 0. The van der Waals surface area contributed by atoms with Crippen LogP contribution in [0.1, 0.15) is 29.3 Å². The van der Waals surface area contributed by atoms with Crippen LogP contribution in [0.3, 0.4) is 0 Å². The smallest absolute Gasteiger partial charge is 0.254 e. The van der Waals surface area contributed by atoms with E-state index in [2.05, 4.69) is 0 Å². The number of carbonyl (C=O) groups is 1. The summed E-state index contributed by atoms with van der Waals surface area (Å²) in [5.41, 5.74) is 1.62. The molecule has 0 bridgehead atoms. The van der Waals surface area contributed by atoms with Crippen molar-refractivity contribution in [2.24, 2.45) is 0 Å². The van der Waals surface area contributed by atoms with E-state index in [1.165, 1.54) is 24.3 Å². The van der Waals surface area contributed by atoms with Gasteiger partial charge in [-0.05, 0) is 36.2 Å². The third-order valence-corrected chi connectivity index (χ3v) is 3.09. The minimum Gasteiger partial charge on any atom is -0.334 e. The first-order valence-corrected chi connectivity index (χ1v) is 6.79. The van der Waals surface area contributed by atoms with E-state index in [1.807, 2.05) is 37.3 Å². The largest absolute Gasteiger partial charge is 0.334 e. The van der Waals surface area contributed by atoms with Crippen molar-refractivity contribution in [2.75, 3.05) is 6.54 Å². The van der Waals surface area contributed by atoms with Crippen molar-refractivity contribution in [2.45, 2.75) is 19.9 Å². The topological polar surface area (TPSA) is 20.3 Å². The third kappa shape index (κ3) is 3.67. The third-order valence-electron chi connectivity index (χ3n) is 3.09. The molecule has 3 heteroatoms. The summed E-state index contributed by atoms with van der Waals surface area (Å²) in [6.07, 6.45) is 0.889. The van der Waals surface area contributed by atoms with Crippen LogP contribution in [0.2, 0.25) is 0 Å². The van der Waals surface area contributed by atoms with E-state index in [-0.39, 0.29) is 11.7 Å². The van der Waals surface area contributed by atoms with Gasteiger partial charge in [0.15, 0.2) is 0 Å². The van der Waals surface area contributed by atoms with Gasteiger partial charge in [0.2, 0.25) is 0 Å². The van der Waals surface area contributed by atoms with Crippen LogP contribution < -0.4 is 0 Å². The lowest BCUT2D eigenvalue weighted by Crippen LogP contribution is -2.31. The molecule has 2 aromatic carbocycles. The van der Waals surface area contributed by atoms with Crippen molar-refractivity contribution in [3.8, 4) is 0 Å². The fourth-order valence-corrected chi connectivity index (χ4v) is 2.10. The molecule has 2 rings (SSSR count). The molecular weight excluding hydrogens is 253 g/mol. The second kappa shape index (κ2) is 6.85. The molecule has 0 aliphatic heterocycles. The van der Waals surface area contributed by atoms with Crippen molar-refractivity contribution in [1.82, 2.24) is 4.90 Å². The summed E-state index contributed by atoms with van der Waals surface area (Å²) in [5.74, 6) is -0.387. The molecule has 0 aliphatic carbocycles. The minimum atomic E-state index is -0.327. The highest BCUT2D eigenvalue weighted by Crippen LogP contribution is 2.11. The SMILES string of the molecule is CCCN(Cc1ccccc1)C(=O)c1ccc(F)cc1. The van der Waals surface area contributed by atoms with Crippen molar-refractivity contribution in [3.63, 3.8) is 0 Å². The normalized spacial score (nSPS) is 10.3. The molecule has 0 N–H and O–H groups in total. The van der Waals surface area contributed by atoms with Crippen LogP contribution in [0.25, 0.3) is 0 Å².